The molecule has 1 atom stereocenters. The van der Waals surface area contributed by atoms with Crippen molar-refractivity contribution in [3.63, 3.8) is 0 Å². The predicted octanol–water partition coefficient (Wildman–Crippen LogP) is 3.58. The van der Waals surface area contributed by atoms with Crippen LogP contribution in [-0.4, -0.2) is 55.1 Å². The normalized spacial score (nSPS) is 22.3. The average Bonchev–Trinajstić information content (AvgIpc) is 3.20. The SMILES string of the molecule is CS(=O)(=O)N1CCC2(CC1)Oc1ccccc1[C@H]1CC(c3cccc(OC(F)F)c3)=NN12. The van der Waals surface area contributed by atoms with Gasteiger partial charge in [-0.25, -0.2) is 17.7 Å². The Hall–Kier alpha value is -2.72. The van der Waals surface area contributed by atoms with Gasteiger partial charge in [0.05, 0.1) is 18.0 Å². The molecule has 3 aliphatic heterocycles. The van der Waals surface area contributed by atoms with Crippen molar-refractivity contribution in [3.8, 4) is 11.5 Å². The Morgan fingerprint density at radius 1 is 1.16 bits per heavy atom. The molecule has 5 rings (SSSR count). The molecule has 0 aliphatic carbocycles. The summed E-state index contributed by atoms with van der Waals surface area (Å²) in [5.41, 5.74) is 1.69. The van der Waals surface area contributed by atoms with Gasteiger partial charge < -0.3 is 9.47 Å². The average molecular weight is 464 g/mol. The Balaban J connectivity index is 1.50. The third kappa shape index (κ3) is 3.71. The van der Waals surface area contributed by atoms with E-state index in [2.05, 4.69) is 4.74 Å². The molecule has 3 aliphatic rings. The van der Waals surface area contributed by atoms with Gasteiger partial charge in [-0.2, -0.15) is 13.9 Å². The van der Waals surface area contributed by atoms with E-state index in [1.54, 1.807) is 12.1 Å². The molecule has 0 amide bonds. The zero-order valence-electron chi connectivity index (χ0n) is 17.4. The summed E-state index contributed by atoms with van der Waals surface area (Å²) < 4.78 is 61.8. The van der Waals surface area contributed by atoms with E-state index in [0.29, 0.717) is 37.9 Å². The van der Waals surface area contributed by atoms with Crippen LogP contribution < -0.4 is 9.47 Å². The Morgan fingerprint density at radius 2 is 1.91 bits per heavy atom. The summed E-state index contributed by atoms with van der Waals surface area (Å²) in [4.78, 5) is 0. The van der Waals surface area contributed by atoms with Crippen LogP contribution in [0.2, 0.25) is 0 Å². The number of alkyl halides is 2. The highest BCUT2D eigenvalue weighted by molar-refractivity contribution is 7.88. The number of hydrogen-bond acceptors (Lipinski definition) is 6. The van der Waals surface area contributed by atoms with Gasteiger partial charge in [0, 0.05) is 43.5 Å². The molecule has 1 spiro atoms. The highest BCUT2D eigenvalue weighted by Gasteiger charge is 2.52. The third-order valence-electron chi connectivity index (χ3n) is 6.27. The maximum absolute atomic E-state index is 12.7. The molecule has 2 aromatic rings. The molecule has 3 heterocycles. The number of nitrogens with zero attached hydrogens (tertiary/aromatic N) is 3. The highest BCUT2D eigenvalue weighted by atomic mass is 32.2. The first-order valence-electron chi connectivity index (χ1n) is 10.4. The summed E-state index contributed by atoms with van der Waals surface area (Å²) in [7, 11) is -3.28. The molecule has 0 unspecified atom stereocenters. The first kappa shape index (κ1) is 21.1. The molecule has 0 N–H and O–H groups in total. The maximum Gasteiger partial charge on any atom is 0.387 e. The Bertz CT molecular complexity index is 1160. The monoisotopic (exact) mass is 463 g/mol. The molecule has 170 valence electrons. The number of rotatable bonds is 4. The molecular weight excluding hydrogens is 440 g/mol. The fourth-order valence-electron chi connectivity index (χ4n) is 4.75. The summed E-state index contributed by atoms with van der Waals surface area (Å²) in [5, 5.41) is 6.83. The Kier molecular flexibility index (Phi) is 5.09. The van der Waals surface area contributed by atoms with Crippen LogP contribution in [0.5, 0.6) is 11.5 Å². The van der Waals surface area contributed by atoms with E-state index < -0.39 is 22.4 Å². The number of ether oxygens (including phenoxy) is 2. The lowest BCUT2D eigenvalue weighted by molar-refractivity contribution is -0.143. The van der Waals surface area contributed by atoms with E-state index in [9.17, 15) is 17.2 Å². The van der Waals surface area contributed by atoms with E-state index in [-0.39, 0.29) is 11.8 Å². The van der Waals surface area contributed by atoms with Gasteiger partial charge in [-0.05, 0) is 18.2 Å². The van der Waals surface area contributed by atoms with Gasteiger partial charge >= 0.3 is 6.61 Å². The van der Waals surface area contributed by atoms with Crippen molar-refractivity contribution in [2.24, 2.45) is 5.10 Å². The van der Waals surface area contributed by atoms with Crippen molar-refractivity contribution in [2.75, 3.05) is 19.3 Å². The Morgan fingerprint density at radius 3 is 2.62 bits per heavy atom. The second kappa shape index (κ2) is 7.70. The van der Waals surface area contributed by atoms with Crippen molar-refractivity contribution < 1.29 is 26.7 Å². The van der Waals surface area contributed by atoms with Crippen molar-refractivity contribution >= 4 is 15.7 Å². The van der Waals surface area contributed by atoms with Crippen LogP contribution in [0, 0.1) is 0 Å². The molecule has 32 heavy (non-hydrogen) atoms. The largest absolute Gasteiger partial charge is 0.466 e. The van der Waals surface area contributed by atoms with Crippen LogP contribution in [0.15, 0.2) is 53.6 Å². The molecule has 0 saturated carbocycles. The molecule has 7 nitrogen and oxygen atoms in total. The number of halogens is 2. The van der Waals surface area contributed by atoms with Gasteiger partial charge in [0.1, 0.15) is 11.5 Å². The fraction of sp³-hybridized carbons (Fsp3) is 0.409. The lowest BCUT2D eigenvalue weighted by Crippen LogP contribution is -2.59. The lowest BCUT2D eigenvalue weighted by Gasteiger charge is -2.50. The molecule has 1 fully saturated rings. The quantitative estimate of drug-likeness (QED) is 0.693. The number of piperidine rings is 1. The topological polar surface area (TPSA) is 71.4 Å². The van der Waals surface area contributed by atoms with E-state index in [0.717, 1.165) is 17.0 Å². The second-order valence-corrected chi connectivity index (χ2v) is 10.2. The lowest BCUT2D eigenvalue weighted by atomic mass is 9.91. The van der Waals surface area contributed by atoms with Crippen LogP contribution >= 0.6 is 0 Å². The fourth-order valence-corrected chi connectivity index (χ4v) is 5.60. The van der Waals surface area contributed by atoms with Gasteiger partial charge in [0.2, 0.25) is 15.7 Å². The standard InChI is InChI=1S/C22H23F2N3O4S/c1-32(28,29)26-11-9-22(10-12-26)27-19(17-7-2-3-8-20(17)31-22)14-18(25-27)15-5-4-6-16(13-15)30-21(23)24/h2-8,13,19,21H,9-12,14H2,1H3/t19-/m1/s1. The number of para-hydroxylation sites is 1. The molecule has 2 aromatic carbocycles. The van der Waals surface area contributed by atoms with E-state index in [1.165, 1.54) is 16.6 Å². The first-order valence-corrected chi connectivity index (χ1v) is 12.3. The van der Waals surface area contributed by atoms with E-state index >= 15 is 0 Å². The first-order chi connectivity index (χ1) is 15.2. The van der Waals surface area contributed by atoms with Gasteiger partial charge in [-0.15, -0.1) is 0 Å². The summed E-state index contributed by atoms with van der Waals surface area (Å²) in [5.74, 6) is 0.852. The molecular formula is C22H23F2N3O4S. The van der Waals surface area contributed by atoms with Gasteiger partial charge in [0.25, 0.3) is 0 Å². The molecule has 1 saturated heterocycles. The maximum atomic E-state index is 12.7. The molecule has 0 radical (unpaired) electrons. The van der Waals surface area contributed by atoms with Crippen molar-refractivity contribution in [2.45, 2.75) is 37.6 Å². The Labute approximate surface area is 185 Å². The number of sulfonamides is 1. The smallest absolute Gasteiger partial charge is 0.387 e. The molecule has 0 bridgehead atoms. The molecule has 10 heteroatoms. The summed E-state index contributed by atoms with van der Waals surface area (Å²) in [6.45, 7) is -2.22. The molecule has 0 aromatic heterocycles. The summed E-state index contributed by atoms with van der Waals surface area (Å²) in [6, 6.07) is 14.2. The van der Waals surface area contributed by atoms with Gasteiger partial charge in [0.15, 0.2) is 0 Å². The van der Waals surface area contributed by atoms with Crippen LogP contribution in [0.25, 0.3) is 0 Å². The number of benzene rings is 2. The number of hydrazone groups is 1. The van der Waals surface area contributed by atoms with Crippen LogP contribution in [0.4, 0.5) is 8.78 Å². The van der Waals surface area contributed by atoms with E-state index in [4.69, 9.17) is 9.84 Å². The van der Waals surface area contributed by atoms with Crippen molar-refractivity contribution in [1.29, 1.82) is 0 Å². The van der Waals surface area contributed by atoms with Crippen LogP contribution in [-0.2, 0) is 10.0 Å². The highest BCUT2D eigenvalue weighted by Crippen LogP contribution is 2.50. The third-order valence-corrected chi connectivity index (χ3v) is 7.57. The number of fused-ring (bicyclic) bond motifs is 4. The number of hydrogen-bond donors (Lipinski definition) is 0. The summed E-state index contributed by atoms with van der Waals surface area (Å²) in [6.07, 6.45) is 2.73. The van der Waals surface area contributed by atoms with Gasteiger partial charge in [-0.1, -0.05) is 30.3 Å². The zero-order chi connectivity index (χ0) is 22.5. The minimum atomic E-state index is -3.28. The second-order valence-electron chi connectivity index (χ2n) is 8.27. The van der Waals surface area contributed by atoms with Crippen molar-refractivity contribution in [1.82, 2.24) is 9.31 Å². The summed E-state index contributed by atoms with van der Waals surface area (Å²) >= 11 is 0. The van der Waals surface area contributed by atoms with Crippen LogP contribution in [0.1, 0.15) is 36.4 Å². The minimum absolute atomic E-state index is 0.0814. The minimum Gasteiger partial charge on any atom is -0.466 e. The predicted molar refractivity (Wildman–Crippen MR) is 114 cm³/mol. The van der Waals surface area contributed by atoms with E-state index in [1.807, 2.05) is 35.3 Å². The van der Waals surface area contributed by atoms with Gasteiger partial charge in [-0.3, -0.25) is 0 Å². The van der Waals surface area contributed by atoms with Crippen molar-refractivity contribution in [3.05, 3.63) is 59.7 Å². The zero-order valence-corrected chi connectivity index (χ0v) is 18.3. The van der Waals surface area contributed by atoms with Crippen LogP contribution in [0.3, 0.4) is 0 Å².